The zero-order valence-electron chi connectivity index (χ0n) is 15.0. The van der Waals surface area contributed by atoms with Crippen molar-refractivity contribution in [1.29, 1.82) is 0 Å². The molecule has 2 saturated heterocycles. The van der Waals surface area contributed by atoms with E-state index in [1.54, 1.807) is 22.8 Å². The Bertz CT molecular complexity index is 641. The summed E-state index contributed by atoms with van der Waals surface area (Å²) >= 11 is 1.40. The van der Waals surface area contributed by atoms with Crippen molar-refractivity contribution < 1.29 is 19.1 Å². The number of carbonyl (C=O) groups excluding carboxylic acids is 3. The van der Waals surface area contributed by atoms with Crippen LogP contribution in [0.25, 0.3) is 0 Å². The second-order valence-corrected chi connectivity index (χ2v) is 7.55. The quantitative estimate of drug-likeness (QED) is 0.869. The minimum absolute atomic E-state index is 0.0347. The van der Waals surface area contributed by atoms with Crippen molar-refractivity contribution in [2.24, 2.45) is 0 Å². The van der Waals surface area contributed by atoms with E-state index in [1.807, 2.05) is 11.4 Å². The lowest BCUT2D eigenvalue weighted by atomic mass is 10.0. The zero-order valence-corrected chi connectivity index (χ0v) is 15.8. The minimum Gasteiger partial charge on any atom is -0.450 e. The van der Waals surface area contributed by atoms with Crippen LogP contribution < -0.4 is 5.32 Å². The van der Waals surface area contributed by atoms with Crippen LogP contribution in [0, 0.1) is 0 Å². The Balaban J connectivity index is 1.52. The van der Waals surface area contributed by atoms with Gasteiger partial charge in [-0.3, -0.25) is 9.59 Å². The summed E-state index contributed by atoms with van der Waals surface area (Å²) in [4.78, 5) is 41.1. The maximum Gasteiger partial charge on any atom is 0.409 e. The summed E-state index contributed by atoms with van der Waals surface area (Å²) in [5, 5.41) is 4.94. The van der Waals surface area contributed by atoms with E-state index in [9.17, 15) is 14.4 Å². The molecule has 3 rings (SSSR count). The fourth-order valence-electron chi connectivity index (χ4n) is 3.54. The van der Waals surface area contributed by atoms with E-state index in [4.69, 9.17) is 4.74 Å². The molecule has 0 unspecified atom stereocenters. The van der Waals surface area contributed by atoms with Crippen molar-refractivity contribution in [1.82, 2.24) is 15.1 Å². The maximum absolute atomic E-state index is 12.7. The lowest BCUT2D eigenvalue weighted by Crippen LogP contribution is -2.52. The fraction of sp³-hybridized carbons (Fsp3) is 0.611. The van der Waals surface area contributed by atoms with Gasteiger partial charge in [-0.2, -0.15) is 0 Å². The van der Waals surface area contributed by atoms with Gasteiger partial charge in [-0.15, -0.1) is 11.3 Å². The molecule has 3 heterocycles. The van der Waals surface area contributed by atoms with Crippen molar-refractivity contribution in [3.63, 3.8) is 0 Å². The van der Waals surface area contributed by atoms with Crippen molar-refractivity contribution in [2.45, 2.75) is 44.7 Å². The number of piperidine rings is 1. The van der Waals surface area contributed by atoms with Crippen molar-refractivity contribution in [2.75, 3.05) is 26.2 Å². The van der Waals surface area contributed by atoms with E-state index >= 15 is 0 Å². The minimum atomic E-state index is -0.396. The van der Waals surface area contributed by atoms with Crippen LogP contribution in [0.3, 0.4) is 0 Å². The summed E-state index contributed by atoms with van der Waals surface area (Å²) < 4.78 is 5.01. The average Bonchev–Trinajstić information content (AvgIpc) is 3.34. The number of rotatable bonds is 4. The van der Waals surface area contributed by atoms with Gasteiger partial charge in [0.2, 0.25) is 5.91 Å². The van der Waals surface area contributed by atoms with Gasteiger partial charge in [-0.25, -0.2) is 4.79 Å². The number of amides is 3. The summed E-state index contributed by atoms with van der Waals surface area (Å²) in [6, 6.07) is 3.28. The maximum atomic E-state index is 12.7. The van der Waals surface area contributed by atoms with Crippen molar-refractivity contribution in [3.8, 4) is 0 Å². The van der Waals surface area contributed by atoms with Crippen molar-refractivity contribution >= 4 is 29.2 Å². The number of nitrogens with zero attached hydrogens (tertiary/aromatic N) is 2. The highest BCUT2D eigenvalue weighted by Gasteiger charge is 2.36. The highest BCUT2D eigenvalue weighted by atomic mass is 32.1. The number of hydrogen-bond acceptors (Lipinski definition) is 5. The van der Waals surface area contributed by atoms with Crippen LogP contribution in [0.15, 0.2) is 17.5 Å². The Morgan fingerprint density at radius 1 is 1.23 bits per heavy atom. The molecule has 2 aliphatic rings. The third kappa shape index (κ3) is 4.17. The molecule has 2 fully saturated rings. The summed E-state index contributed by atoms with van der Waals surface area (Å²) in [5.41, 5.74) is 0. The lowest BCUT2D eigenvalue weighted by Gasteiger charge is -2.33. The first-order valence-electron chi connectivity index (χ1n) is 9.16. The van der Waals surface area contributed by atoms with Gasteiger partial charge in [0.05, 0.1) is 11.5 Å². The molecule has 142 valence electrons. The molecular weight excluding hydrogens is 354 g/mol. The number of hydrogen-bond donors (Lipinski definition) is 1. The predicted molar refractivity (Wildman–Crippen MR) is 98.1 cm³/mol. The molecule has 2 aliphatic heterocycles. The van der Waals surface area contributed by atoms with Crippen LogP contribution in [-0.4, -0.2) is 66.0 Å². The molecule has 0 bridgehead atoms. The SMILES string of the molecule is CCOC(=O)N1CCC(NC(=O)[C@@H]2CCCN2C(=O)c2cccs2)CC1. The predicted octanol–water partition coefficient (Wildman–Crippen LogP) is 2.09. The summed E-state index contributed by atoms with van der Waals surface area (Å²) in [5.74, 6) is -0.142. The van der Waals surface area contributed by atoms with Gasteiger partial charge < -0.3 is 19.9 Å². The van der Waals surface area contributed by atoms with Gasteiger partial charge >= 0.3 is 6.09 Å². The van der Waals surface area contributed by atoms with Gasteiger partial charge in [-0.05, 0) is 44.1 Å². The topological polar surface area (TPSA) is 79.0 Å². The Morgan fingerprint density at radius 2 is 2.00 bits per heavy atom. The molecule has 26 heavy (non-hydrogen) atoms. The van der Waals surface area contributed by atoms with Crippen LogP contribution >= 0.6 is 11.3 Å². The van der Waals surface area contributed by atoms with Crippen LogP contribution in [0.4, 0.5) is 4.79 Å². The van der Waals surface area contributed by atoms with E-state index in [1.165, 1.54) is 11.3 Å². The Labute approximate surface area is 157 Å². The molecule has 1 atom stereocenters. The van der Waals surface area contributed by atoms with E-state index in [2.05, 4.69) is 5.32 Å². The highest BCUT2D eigenvalue weighted by molar-refractivity contribution is 7.12. The second kappa shape index (κ2) is 8.53. The smallest absolute Gasteiger partial charge is 0.409 e. The van der Waals surface area contributed by atoms with Crippen LogP contribution in [0.5, 0.6) is 0 Å². The number of carbonyl (C=O) groups is 3. The number of nitrogens with one attached hydrogen (secondary N) is 1. The first kappa shape index (κ1) is 18.7. The molecule has 0 aromatic carbocycles. The molecule has 0 radical (unpaired) electrons. The third-order valence-corrected chi connectivity index (χ3v) is 5.77. The van der Waals surface area contributed by atoms with Gasteiger partial charge in [-0.1, -0.05) is 6.07 Å². The Morgan fingerprint density at radius 3 is 2.65 bits per heavy atom. The Kier molecular flexibility index (Phi) is 6.13. The molecule has 7 nitrogen and oxygen atoms in total. The molecular formula is C18H25N3O4S. The van der Waals surface area contributed by atoms with Gasteiger partial charge in [0, 0.05) is 25.7 Å². The van der Waals surface area contributed by atoms with Crippen LogP contribution in [-0.2, 0) is 9.53 Å². The van der Waals surface area contributed by atoms with Gasteiger partial charge in [0.15, 0.2) is 0 Å². The number of likely N-dealkylation sites (tertiary alicyclic amines) is 2. The monoisotopic (exact) mass is 379 g/mol. The number of ether oxygens (including phenoxy) is 1. The Hall–Kier alpha value is -2.09. The largest absolute Gasteiger partial charge is 0.450 e. The molecule has 3 amide bonds. The fourth-order valence-corrected chi connectivity index (χ4v) is 4.22. The highest BCUT2D eigenvalue weighted by Crippen LogP contribution is 2.23. The van der Waals surface area contributed by atoms with E-state index in [0.717, 1.165) is 6.42 Å². The van der Waals surface area contributed by atoms with Crippen molar-refractivity contribution in [3.05, 3.63) is 22.4 Å². The zero-order chi connectivity index (χ0) is 18.5. The van der Waals surface area contributed by atoms with Crippen LogP contribution in [0.1, 0.15) is 42.3 Å². The van der Waals surface area contributed by atoms with Gasteiger partial charge in [0.1, 0.15) is 6.04 Å². The summed E-state index contributed by atoms with van der Waals surface area (Å²) in [6.07, 6.45) is 2.66. The first-order valence-corrected chi connectivity index (χ1v) is 10.0. The van der Waals surface area contributed by atoms with Gasteiger partial charge in [0.25, 0.3) is 5.91 Å². The van der Waals surface area contributed by atoms with E-state index < -0.39 is 6.04 Å². The summed E-state index contributed by atoms with van der Waals surface area (Å²) in [6.45, 7) is 3.93. The molecule has 1 N–H and O–H groups in total. The second-order valence-electron chi connectivity index (χ2n) is 6.60. The molecule has 0 saturated carbocycles. The summed E-state index contributed by atoms with van der Waals surface area (Å²) in [7, 11) is 0. The number of thiophene rings is 1. The van der Waals surface area contributed by atoms with Crippen LogP contribution in [0.2, 0.25) is 0 Å². The molecule has 1 aromatic rings. The molecule has 8 heteroatoms. The standard InChI is InChI=1S/C18H25N3O4S/c1-2-25-18(24)20-10-7-13(8-11-20)19-16(22)14-5-3-9-21(14)17(23)15-6-4-12-26-15/h4,6,12-14H,2-3,5,7-11H2,1H3,(H,19,22)/t14-/m0/s1. The third-order valence-electron chi connectivity index (χ3n) is 4.92. The lowest BCUT2D eigenvalue weighted by molar-refractivity contribution is -0.125. The molecule has 0 aliphatic carbocycles. The molecule has 0 spiro atoms. The molecule has 1 aromatic heterocycles. The van der Waals surface area contributed by atoms with E-state index in [0.29, 0.717) is 50.4 Å². The normalized spacial score (nSPS) is 20.9. The average molecular weight is 379 g/mol. The van der Waals surface area contributed by atoms with E-state index in [-0.39, 0.29) is 23.9 Å². The first-order chi connectivity index (χ1) is 12.6.